The second-order valence-electron chi connectivity index (χ2n) is 10.3. The minimum atomic E-state index is -1.01. The molecular weight excluding hydrogens is 616 g/mol. The van der Waals surface area contributed by atoms with E-state index in [9.17, 15) is 39.4 Å². The Bertz CT molecular complexity index is 1640. The van der Waals surface area contributed by atoms with Gasteiger partial charge in [0.2, 0.25) is 0 Å². The van der Waals surface area contributed by atoms with Crippen molar-refractivity contribution in [1.82, 2.24) is 10.2 Å². The molecule has 3 aromatic carbocycles. The first-order valence-corrected chi connectivity index (χ1v) is 13.4. The number of non-ortho nitro benzene ring substituents is 2. The maximum atomic E-state index is 13.0. The highest BCUT2D eigenvalue weighted by Gasteiger charge is 2.23. The van der Waals surface area contributed by atoms with Crippen molar-refractivity contribution in [3.8, 4) is 11.5 Å². The van der Waals surface area contributed by atoms with E-state index in [1.807, 2.05) is 0 Å². The van der Waals surface area contributed by atoms with Crippen molar-refractivity contribution in [2.45, 2.75) is 26.4 Å². The predicted octanol–water partition coefficient (Wildman–Crippen LogP) is 5.19. The number of nitrogens with zero attached hydrogens (tertiary/aromatic N) is 3. The molecule has 0 spiro atoms. The average molecular weight is 643 g/mol. The molecule has 16 heteroatoms. The molecule has 3 rings (SSSR count). The lowest BCUT2D eigenvalue weighted by molar-refractivity contribution is -0.385. The molecule has 0 bridgehead atoms. The van der Waals surface area contributed by atoms with Gasteiger partial charge in [0, 0.05) is 50.5 Å². The Hall–Kier alpha value is -5.57. The molecule has 0 saturated carbocycles. The first-order valence-electron chi connectivity index (χ1n) is 13.0. The summed E-state index contributed by atoms with van der Waals surface area (Å²) in [6.45, 7) is 5.19. The van der Waals surface area contributed by atoms with E-state index in [4.69, 9.17) is 25.8 Å². The molecule has 1 N–H and O–H groups in total. The molecule has 236 valence electrons. The first-order chi connectivity index (χ1) is 21.1. The maximum absolute atomic E-state index is 13.0. The fourth-order valence-corrected chi connectivity index (χ4v) is 3.73. The largest absolute Gasteiger partial charge is 0.444 e. The minimum Gasteiger partial charge on any atom is -0.444 e. The van der Waals surface area contributed by atoms with Gasteiger partial charge in [-0.1, -0.05) is 11.6 Å². The Morgan fingerprint density at radius 2 is 1.27 bits per heavy atom. The Labute approximate surface area is 260 Å². The van der Waals surface area contributed by atoms with Gasteiger partial charge in [0.1, 0.15) is 5.60 Å². The number of rotatable bonds is 10. The van der Waals surface area contributed by atoms with E-state index < -0.39 is 45.1 Å². The van der Waals surface area contributed by atoms with Gasteiger partial charge in [-0.15, -0.1) is 0 Å². The van der Waals surface area contributed by atoms with Crippen molar-refractivity contribution in [1.29, 1.82) is 0 Å². The van der Waals surface area contributed by atoms with E-state index in [-0.39, 0.29) is 51.9 Å². The molecular formula is C29H27ClN4O11. The number of halogens is 1. The molecule has 0 radical (unpaired) electrons. The lowest BCUT2D eigenvalue weighted by Gasteiger charge is -2.24. The Morgan fingerprint density at radius 3 is 1.69 bits per heavy atom. The number of ether oxygens (including phenoxy) is 3. The Balaban J connectivity index is 1.86. The number of hydrogen-bond donors (Lipinski definition) is 1. The van der Waals surface area contributed by atoms with E-state index >= 15 is 0 Å². The van der Waals surface area contributed by atoms with Crippen LogP contribution in [0.4, 0.5) is 16.2 Å². The molecule has 0 saturated heterocycles. The first kappa shape index (κ1) is 33.9. The van der Waals surface area contributed by atoms with Crippen LogP contribution in [0.1, 0.15) is 51.8 Å². The van der Waals surface area contributed by atoms with Gasteiger partial charge in [-0.25, -0.2) is 14.4 Å². The zero-order valence-corrected chi connectivity index (χ0v) is 25.2. The highest BCUT2D eigenvalue weighted by molar-refractivity contribution is 6.34. The second-order valence-corrected chi connectivity index (χ2v) is 10.7. The standard InChI is InChI=1S/C29H27ClN4O11/c1-29(2,3)45-28(38)32(4)14-13-31-25(35)21-15-23(43-26(36)17-5-9-19(10-6-17)33(39)40)24(16-22(21)30)44-27(37)18-7-11-20(12-8-18)34(41)42/h5-12,15-16H,13-14H2,1-4H3,(H,31,35). The Kier molecular flexibility index (Phi) is 10.8. The van der Waals surface area contributed by atoms with Gasteiger partial charge in [0.05, 0.1) is 31.6 Å². The van der Waals surface area contributed by atoms with Crippen LogP contribution < -0.4 is 14.8 Å². The van der Waals surface area contributed by atoms with Crippen molar-refractivity contribution < 1.29 is 43.2 Å². The number of esters is 2. The molecule has 0 unspecified atom stereocenters. The van der Waals surface area contributed by atoms with Crippen molar-refractivity contribution in [2.75, 3.05) is 20.1 Å². The van der Waals surface area contributed by atoms with Gasteiger partial charge in [-0.3, -0.25) is 25.0 Å². The second kappa shape index (κ2) is 14.3. The van der Waals surface area contributed by atoms with Crippen LogP contribution in [0.3, 0.4) is 0 Å². The quantitative estimate of drug-likeness (QED) is 0.132. The van der Waals surface area contributed by atoms with E-state index in [1.165, 1.54) is 11.9 Å². The highest BCUT2D eigenvalue weighted by atomic mass is 35.5. The fourth-order valence-electron chi connectivity index (χ4n) is 3.49. The van der Waals surface area contributed by atoms with E-state index in [0.29, 0.717) is 0 Å². The lowest BCUT2D eigenvalue weighted by Crippen LogP contribution is -2.39. The monoisotopic (exact) mass is 642 g/mol. The maximum Gasteiger partial charge on any atom is 0.410 e. The van der Waals surface area contributed by atoms with Crippen LogP contribution in [-0.4, -0.2) is 64.4 Å². The van der Waals surface area contributed by atoms with Crippen LogP contribution in [0.15, 0.2) is 60.7 Å². The number of nitrogens with one attached hydrogen (secondary N) is 1. The van der Waals surface area contributed by atoms with Gasteiger partial charge in [-0.2, -0.15) is 0 Å². The molecule has 15 nitrogen and oxygen atoms in total. The number of nitro benzene ring substituents is 2. The molecule has 45 heavy (non-hydrogen) atoms. The predicted molar refractivity (Wildman–Crippen MR) is 159 cm³/mol. The van der Waals surface area contributed by atoms with Crippen LogP contribution in [0.5, 0.6) is 11.5 Å². The van der Waals surface area contributed by atoms with Crippen LogP contribution in [-0.2, 0) is 4.74 Å². The lowest BCUT2D eigenvalue weighted by atomic mass is 10.1. The summed E-state index contributed by atoms with van der Waals surface area (Å²) in [6, 6.07) is 11.1. The number of nitro groups is 2. The van der Waals surface area contributed by atoms with Crippen molar-refractivity contribution in [2.24, 2.45) is 0 Å². The van der Waals surface area contributed by atoms with Gasteiger partial charge >= 0.3 is 18.0 Å². The molecule has 3 aromatic rings. The van der Waals surface area contributed by atoms with E-state index in [1.54, 1.807) is 20.8 Å². The van der Waals surface area contributed by atoms with Crippen LogP contribution in [0, 0.1) is 20.2 Å². The normalized spacial score (nSPS) is 10.8. The molecule has 0 aromatic heterocycles. The van der Waals surface area contributed by atoms with Gasteiger partial charge < -0.3 is 24.4 Å². The summed E-state index contributed by atoms with van der Waals surface area (Å²) < 4.78 is 16.0. The van der Waals surface area contributed by atoms with Gasteiger partial charge in [0.15, 0.2) is 11.5 Å². The number of hydrogen-bond acceptors (Lipinski definition) is 11. The van der Waals surface area contributed by atoms with Crippen LogP contribution in [0.2, 0.25) is 5.02 Å². The summed E-state index contributed by atoms with van der Waals surface area (Å²) in [4.78, 5) is 72.7. The SMILES string of the molecule is CN(CCNC(=O)c1cc(OC(=O)c2ccc([N+](=O)[O-])cc2)c(OC(=O)c2ccc([N+](=O)[O-])cc2)cc1Cl)C(=O)OC(C)(C)C. The average Bonchev–Trinajstić information content (AvgIpc) is 2.97. The number of amides is 2. The smallest absolute Gasteiger partial charge is 0.410 e. The summed E-state index contributed by atoms with van der Waals surface area (Å²) in [5.41, 5.74) is -1.61. The summed E-state index contributed by atoms with van der Waals surface area (Å²) in [6.07, 6.45) is -0.602. The van der Waals surface area contributed by atoms with Crippen LogP contribution >= 0.6 is 11.6 Å². The zero-order chi connectivity index (χ0) is 33.5. The molecule has 0 heterocycles. The molecule has 0 aliphatic rings. The van der Waals surface area contributed by atoms with Gasteiger partial charge in [-0.05, 0) is 51.1 Å². The molecule has 2 amide bonds. The number of carbonyl (C=O) groups excluding carboxylic acids is 4. The van der Waals surface area contributed by atoms with Crippen LogP contribution in [0.25, 0.3) is 0 Å². The topological polar surface area (TPSA) is 198 Å². The fraction of sp³-hybridized carbons (Fsp3) is 0.241. The Morgan fingerprint density at radius 1 is 0.822 bits per heavy atom. The van der Waals surface area contributed by atoms with E-state index in [2.05, 4.69) is 5.32 Å². The van der Waals surface area contributed by atoms with Crippen molar-refractivity contribution >= 4 is 46.9 Å². The van der Waals surface area contributed by atoms with E-state index in [0.717, 1.165) is 60.7 Å². The minimum absolute atomic E-state index is 0.0142. The molecule has 0 fully saturated rings. The molecule has 0 aliphatic carbocycles. The third-order valence-corrected chi connectivity index (χ3v) is 6.06. The molecule has 0 atom stereocenters. The summed E-state index contributed by atoms with van der Waals surface area (Å²) in [5, 5.41) is 24.3. The summed E-state index contributed by atoms with van der Waals surface area (Å²) in [5.74, 6) is -3.51. The third kappa shape index (κ3) is 9.46. The zero-order valence-electron chi connectivity index (χ0n) is 24.4. The summed E-state index contributed by atoms with van der Waals surface area (Å²) >= 11 is 6.33. The summed E-state index contributed by atoms with van der Waals surface area (Å²) in [7, 11) is 1.48. The highest BCUT2D eigenvalue weighted by Crippen LogP contribution is 2.35. The van der Waals surface area contributed by atoms with Crippen molar-refractivity contribution in [3.63, 3.8) is 0 Å². The molecule has 0 aliphatic heterocycles. The van der Waals surface area contributed by atoms with Crippen molar-refractivity contribution in [3.05, 3.63) is 103 Å². The third-order valence-electron chi connectivity index (χ3n) is 5.75. The van der Waals surface area contributed by atoms with Gasteiger partial charge in [0.25, 0.3) is 17.3 Å². The number of carbonyl (C=O) groups is 4. The number of benzene rings is 3. The number of likely N-dealkylation sites (N-methyl/N-ethyl adjacent to an activating group) is 1.